The van der Waals surface area contributed by atoms with Crippen molar-refractivity contribution in [2.24, 2.45) is 0 Å². The Balaban J connectivity index is 4.38. The van der Waals surface area contributed by atoms with Gasteiger partial charge in [0.15, 0.2) is 37.4 Å². The van der Waals surface area contributed by atoms with E-state index in [1.807, 2.05) is 0 Å². The van der Waals surface area contributed by atoms with E-state index in [1.54, 1.807) is 0 Å². The Kier molecular flexibility index (Phi) is 16.9. The highest BCUT2D eigenvalue weighted by Gasteiger charge is 2.36. The molecule has 0 aliphatic carbocycles. The number of carbonyl (C=O) groups is 6. The number of aromatic nitrogens is 3. The molecule has 18 nitrogen and oxygen atoms in total. The topological polar surface area (TPSA) is 206 Å². The van der Waals surface area contributed by atoms with Crippen LogP contribution in [0.2, 0.25) is 0 Å². The zero-order valence-corrected chi connectivity index (χ0v) is 29.3. The van der Waals surface area contributed by atoms with Gasteiger partial charge in [-0.15, -0.1) is 0 Å². The Bertz CT molecular complexity index is 1260. The SMILES string of the molecule is C=CC(=O)OC(C)N(c1nc(N(C(C)OC(=O)C=C)C(C)OC(=O)C=C)nc(N(C(C)OC(=O)C=C)C(C)OC(=O)C=C)n1)C(C)OC(=O)C=C. The second kappa shape index (κ2) is 20.2. The standard InChI is InChI=1S/C33H42N6O12/c1-13-25(40)46-19(7)37(20(8)47-26(41)14-2)31-34-32(38(21(9)48-27(42)15-3)22(10)49-28(43)16-4)36-33(35-31)39(23(11)50-29(44)17-5)24(12)51-30(45)18-6/h13-24H,1-6H2,7-12H3. The third-order valence-electron chi connectivity index (χ3n) is 6.36. The van der Waals surface area contributed by atoms with Crippen molar-refractivity contribution in [2.75, 3.05) is 14.7 Å². The Hall–Kier alpha value is -6.33. The lowest BCUT2D eigenvalue weighted by molar-refractivity contribution is -0.149. The minimum absolute atomic E-state index is 0.382. The van der Waals surface area contributed by atoms with Crippen LogP contribution in [0.3, 0.4) is 0 Å². The number of hydrogen-bond acceptors (Lipinski definition) is 18. The fraction of sp³-hybridized carbons (Fsp3) is 0.364. The molecule has 0 aromatic carbocycles. The van der Waals surface area contributed by atoms with E-state index >= 15 is 0 Å². The Morgan fingerprint density at radius 3 is 0.647 bits per heavy atom. The van der Waals surface area contributed by atoms with Gasteiger partial charge in [0.1, 0.15) is 0 Å². The van der Waals surface area contributed by atoms with Crippen molar-refractivity contribution in [3.8, 4) is 0 Å². The zero-order valence-electron chi connectivity index (χ0n) is 29.3. The lowest BCUT2D eigenvalue weighted by atomic mass is 10.4. The molecule has 1 aromatic heterocycles. The summed E-state index contributed by atoms with van der Waals surface area (Å²) in [5.74, 6) is -6.41. The number of nitrogens with zero attached hydrogens (tertiary/aromatic N) is 6. The summed E-state index contributed by atoms with van der Waals surface area (Å²) in [4.78, 5) is 90.7. The first-order chi connectivity index (χ1) is 24.0. The van der Waals surface area contributed by atoms with Crippen LogP contribution in [0.15, 0.2) is 75.9 Å². The van der Waals surface area contributed by atoms with Gasteiger partial charge in [0, 0.05) is 36.5 Å². The van der Waals surface area contributed by atoms with E-state index in [0.717, 1.165) is 51.2 Å². The molecule has 1 aromatic rings. The van der Waals surface area contributed by atoms with Gasteiger partial charge in [0.05, 0.1) is 0 Å². The summed E-state index contributed by atoms with van der Waals surface area (Å²) in [6.07, 6.45) is -2.46. The van der Waals surface area contributed by atoms with Crippen LogP contribution in [-0.2, 0) is 57.2 Å². The molecule has 0 amide bonds. The summed E-state index contributed by atoms with van der Waals surface area (Å²) < 4.78 is 32.5. The summed E-state index contributed by atoms with van der Waals surface area (Å²) in [7, 11) is 0. The molecule has 6 atom stereocenters. The molecule has 1 rings (SSSR count). The molecule has 0 N–H and O–H groups in total. The van der Waals surface area contributed by atoms with Crippen molar-refractivity contribution in [1.82, 2.24) is 15.0 Å². The van der Waals surface area contributed by atoms with E-state index in [4.69, 9.17) is 28.4 Å². The fourth-order valence-electron chi connectivity index (χ4n) is 4.19. The number of hydrogen-bond donors (Lipinski definition) is 0. The Morgan fingerprint density at radius 2 is 0.529 bits per heavy atom. The molecular weight excluding hydrogens is 672 g/mol. The van der Waals surface area contributed by atoms with Gasteiger partial charge in [0.2, 0.25) is 17.8 Å². The molecule has 0 radical (unpaired) electrons. The molecule has 18 heteroatoms. The van der Waals surface area contributed by atoms with Crippen LogP contribution in [0.4, 0.5) is 17.8 Å². The molecule has 0 aliphatic rings. The number of ether oxygens (including phenoxy) is 6. The molecule has 0 bridgehead atoms. The third-order valence-corrected chi connectivity index (χ3v) is 6.36. The first kappa shape index (κ1) is 42.7. The predicted octanol–water partition coefficient (Wildman–Crippen LogP) is 2.74. The van der Waals surface area contributed by atoms with Crippen LogP contribution in [0, 0.1) is 0 Å². The molecule has 0 aliphatic heterocycles. The van der Waals surface area contributed by atoms with Crippen LogP contribution >= 0.6 is 0 Å². The predicted molar refractivity (Wildman–Crippen MR) is 182 cm³/mol. The van der Waals surface area contributed by atoms with Gasteiger partial charge < -0.3 is 28.4 Å². The van der Waals surface area contributed by atoms with Crippen molar-refractivity contribution in [3.63, 3.8) is 0 Å². The van der Waals surface area contributed by atoms with Gasteiger partial charge in [-0.3, -0.25) is 14.7 Å². The lowest BCUT2D eigenvalue weighted by Crippen LogP contribution is -2.49. The highest BCUT2D eigenvalue weighted by atomic mass is 16.6. The van der Waals surface area contributed by atoms with Crippen molar-refractivity contribution < 1.29 is 57.2 Å². The molecule has 0 saturated heterocycles. The maximum absolute atomic E-state index is 12.3. The van der Waals surface area contributed by atoms with Crippen LogP contribution in [0.1, 0.15) is 41.5 Å². The third kappa shape index (κ3) is 12.6. The quantitative estimate of drug-likeness (QED) is 0.0776. The number of anilines is 3. The van der Waals surface area contributed by atoms with E-state index in [0.29, 0.717) is 0 Å². The fourth-order valence-corrected chi connectivity index (χ4v) is 4.19. The summed E-state index contributed by atoms with van der Waals surface area (Å²) >= 11 is 0. The van der Waals surface area contributed by atoms with Crippen LogP contribution in [-0.4, -0.2) is 88.1 Å². The van der Waals surface area contributed by atoms with Crippen molar-refractivity contribution in [1.29, 1.82) is 0 Å². The first-order valence-electron chi connectivity index (χ1n) is 15.1. The first-order valence-corrected chi connectivity index (χ1v) is 15.1. The highest BCUT2D eigenvalue weighted by Crippen LogP contribution is 2.29. The molecule has 6 unspecified atom stereocenters. The second-order valence-corrected chi connectivity index (χ2v) is 9.90. The molecule has 0 saturated carbocycles. The summed E-state index contributed by atoms with van der Waals surface area (Å²) in [6, 6.07) is 0. The Labute approximate surface area is 295 Å². The van der Waals surface area contributed by atoms with Gasteiger partial charge in [-0.05, 0) is 41.5 Å². The molecule has 0 fully saturated rings. The molecular formula is C33H42N6O12. The molecule has 0 spiro atoms. The maximum Gasteiger partial charge on any atom is 0.332 e. The molecule has 51 heavy (non-hydrogen) atoms. The summed E-state index contributed by atoms with van der Waals surface area (Å²) in [6.45, 7) is 28.7. The minimum Gasteiger partial charge on any atom is -0.439 e. The number of carbonyl (C=O) groups excluding carboxylic acids is 6. The number of esters is 6. The van der Waals surface area contributed by atoms with Crippen LogP contribution in [0.25, 0.3) is 0 Å². The van der Waals surface area contributed by atoms with Crippen LogP contribution in [0.5, 0.6) is 0 Å². The molecule has 1 heterocycles. The van der Waals surface area contributed by atoms with Gasteiger partial charge in [-0.25, -0.2) is 28.8 Å². The van der Waals surface area contributed by atoms with Crippen LogP contribution < -0.4 is 14.7 Å². The Morgan fingerprint density at radius 1 is 0.392 bits per heavy atom. The molecule has 276 valence electrons. The monoisotopic (exact) mass is 714 g/mol. The van der Waals surface area contributed by atoms with Gasteiger partial charge in [-0.2, -0.15) is 15.0 Å². The van der Waals surface area contributed by atoms with E-state index in [9.17, 15) is 28.8 Å². The largest absolute Gasteiger partial charge is 0.439 e. The minimum atomic E-state index is -1.30. The van der Waals surface area contributed by atoms with Gasteiger partial charge in [-0.1, -0.05) is 39.5 Å². The average Bonchev–Trinajstić information content (AvgIpc) is 3.07. The maximum atomic E-state index is 12.3. The lowest BCUT2D eigenvalue weighted by Gasteiger charge is -2.37. The van der Waals surface area contributed by atoms with Gasteiger partial charge in [0.25, 0.3) is 0 Å². The van der Waals surface area contributed by atoms with E-state index in [2.05, 4.69) is 54.4 Å². The average molecular weight is 715 g/mol. The van der Waals surface area contributed by atoms with E-state index < -0.39 is 73.2 Å². The zero-order chi connectivity index (χ0) is 39.0. The van der Waals surface area contributed by atoms with Crippen molar-refractivity contribution in [2.45, 2.75) is 78.9 Å². The number of rotatable bonds is 21. The van der Waals surface area contributed by atoms with E-state index in [1.165, 1.54) is 41.5 Å². The normalized spacial score (nSPS) is 13.8. The second-order valence-electron chi connectivity index (χ2n) is 9.90. The van der Waals surface area contributed by atoms with Gasteiger partial charge >= 0.3 is 35.8 Å². The highest BCUT2D eigenvalue weighted by molar-refractivity contribution is 5.84. The van der Waals surface area contributed by atoms with E-state index in [-0.39, 0.29) is 17.8 Å². The van der Waals surface area contributed by atoms with Crippen molar-refractivity contribution in [3.05, 3.63) is 75.9 Å². The summed E-state index contributed by atoms with van der Waals surface area (Å²) in [5, 5.41) is 0. The van der Waals surface area contributed by atoms with Crippen molar-refractivity contribution >= 4 is 53.7 Å². The smallest absolute Gasteiger partial charge is 0.332 e. The summed E-state index contributed by atoms with van der Waals surface area (Å²) in [5.41, 5.74) is 0.